The van der Waals surface area contributed by atoms with E-state index in [4.69, 9.17) is 5.73 Å². The highest BCUT2D eigenvalue weighted by Crippen LogP contribution is 2.41. The summed E-state index contributed by atoms with van der Waals surface area (Å²) in [6.07, 6.45) is 0.830. The zero-order valence-corrected chi connectivity index (χ0v) is 12.5. The Morgan fingerprint density at radius 1 is 1.35 bits per heavy atom. The van der Waals surface area contributed by atoms with Crippen LogP contribution in [-0.2, 0) is 10.0 Å². The van der Waals surface area contributed by atoms with Gasteiger partial charge >= 0.3 is 0 Å². The SMILES string of the molecule is Cc1nc(N)sc1S(=O)(=O)NC1CC1c1ccccc1. The molecule has 1 heterocycles. The lowest BCUT2D eigenvalue weighted by Crippen LogP contribution is -2.26. The largest absolute Gasteiger partial charge is 0.375 e. The van der Waals surface area contributed by atoms with Crippen LogP contribution in [0.25, 0.3) is 0 Å². The molecule has 1 aliphatic carbocycles. The number of aromatic nitrogens is 1. The molecular formula is C13H15N3O2S2. The van der Waals surface area contributed by atoms with E-state index in [0.717, 1.165) is 17.8 Å². The van der Waals surface area contributed by atoms with Gasteiger partial charge in [0.15, 0.2) is 9.34 Å². The smallest absolute Gasteiger partial charge is 0.252 e. The first-order valence-electron chi connectivity index (χ1n) is 6.27. The van der Waals surface area contributed by atoms with Gasteiger partial charge in [-0.3, -0.25) is 0 Å². The quantitative estimate of drug-likeness (QED) is 0.903. The van der Waals surface area contributed by atoms with Crippen LogP contribution in [-0.4, -0.2) is 19.4 Å². The lowest BCUT2D eigenvalue weighted by molar-refractivity contribution is 0.581. The molecule has 106 valence electrons. The fourth-order valence-corrected chi connectivity index (χ4v) is 4.90. The molecule has 1 aromatic carbocycles. The fraction of sp³-hybridized carbons (Fsp3) is 0.308. The number of nitrogens with one attached hydrogen (secondary N) is 1. The van der Waals surface area contributed by atoms with Crippen molar-refractivity contribution in [3.05, 3.63) is 41.6 Å². The fourth-order valence-electron chi connectivity index (χ4n) is 2.30. The third-order valence-corrected chi connectivity index (χ3v) is 6.43. The van der Waals surface area contributed by atoms with Gasteiger partial charge in [-0.25, -0.2) is 18.1 Å². The van der Waals surface area contributed by atoms with Crippen LogP contribution < -0.4 is 10.5 Å². The monoisotopic (exact) mass is 309 g/mol. The minimum Gasteiger partial charge on any atom is -0.375 e. The maximum atomic E-state index is 12.3. The Kier molecular flexibility index (Phi) is 3.27. The number of aryl methyl sites for hydroxylation is 1. The van der Waals surface area contributed by atoms with Crippen LogP contribution in [0, 0.1) is 6.92 Å². The zero-order valence-electron chi connectivity index (χ0n) is 10.9. The van der Waals surface area contributed by atoms with Crippen molar-refractivity contribution in [1.82, 2.24) is 9.71 Å². The van der Waals surface area contributed by atoms with Crippen molar-refractivity contribution in [2.45, 2.75) is 29.5 Å². The highest BCUT2D eigenvalue weighted by Gasteiger charge is 2.41. The Morgan fingerprint density at radius 3 is 2.65 bits per heavy atom. The van der Waals surface area contributed by atoms with E-state index in [0.29, 0.717) is 5.69 Å². The minimum atomic E-state index is -3.52. The maximum Gasteiger partial charge on any atom is 0.252 e. The summed E-state index contributed by atoms with van der Waals surface area (Å²) in [6, 6.07) is 9.89. The molecule has 7 heteroatoms. The topological polar surface area (TPSA) is 85.1 Å². The van der Waals surface area contributed by atoms with E-state index in [-0.39, 0.29) is 21.3 Å². The molecule has 0 bridgehead atoms. The predicted molar refractivity (Wildman–Crippen MR) is 79.2 cm³/mol. The second kappa shape index (κ2) is 4.83. The lowest BCUT2D eigenvalue weighted by Gasteiger charge is -2.05. The van der Waals surface area contributed by atoms with Gasteiger partial charge in [-0.05, 0) is 18.9 Å². The number of nitrogens with zero attached hydrogens (tertiary/aromatic N) is 1. The van der Waals surface area contributed by atoms with Crippen LogP contribution in [0.4, 0.5) is 5.13 Å². The van der Waals surface area contributed by atoms with Crippen molar-refractivity contribution in [3.8, 4) is 0 Å². The summed E-state index contributed by atoms with van der Waals surface area (Å²) in [7, 11) is -3.52. The number of nitrogens with two attached hydrogens (primary N) is 1. The lowest BCUT2D eigenvalue weighted by atomic mass is 10.1. The van der Waals surface area contributed by atoms with E-state index in [1.54, 1.807) is 6.92 Å². The molecule has 1 aromatic heterocycles. The third-order valence-electron chi connectivity index (χ3n) is 3.34. The normalized spacial score (nSPS) is 21.9. The summed E-state index contributed by atoms with van der Waals surface area (Å²) in [6.45, 7) is 1.66. The highest BCUT2D eigenvalue weighted by atomic mass is 32.2. The number of sulfonamides is 1. The van der Waals surface area contributed by atoms with E-state index in [9.17, 15) is 8.42 Å². The van der Waals surface area contributed by atoms with Crippen LogP contribution in [0.1, 0.15) is 23.6 Å². The average molecular weight is 309 g/mol. The highest BCUT2D eigenvalue weighted by molar-refractivity contribution is 7.91. The Bertz CT molecular complexity index is 725. The number of hydrogen-bond donors (Lipinski definition) is 2. The van der Waals surface area contributed by atoms with Gasteiger partial charge in [0, 0.05) is 12.0 Å². The molecule has 2 aromatic rings. The summed E-state index contributed by atoms with van der Waals surface area (Å²) in [5.41, 5.74) is 7.18. The van der Waals surface area contributed by atoms with Gasteiger partial charge in [0.1, 0.15) is 0 Å². The summed E-state index contributed by atoms with van der Waals surface area (Å²) >= 11 is 1.00. The Balaban J connectivity index is 1.75. The Hall–Kier alpha value is -1.44. The van der Waals surface area contributed by atoms with Gasteiger partial charge in [-0.1, -0.05) is 41.7 Å². The molecule has 1 fully saturated rings. The summed E-state index contributed by atoms with van der Waals surface area (Å²) in [4.78, 5) is 3.96. The first-order valence-corrected chi connectivity index (χ1v) is 8.57. The molecule has 0 aliphatic heterocycles. The zero-order chi connectivity index (χ0) is 14.3. The molecule has 5 nitrogen and oxygen atoms in total. The standard InChI is InChI=1S/C13H15N3O2S2/c1-8-12(19-13(14)15-8)20(17,18)16-11-7-10(11)9-5-3-2-4-6-9/h2-6,10-11,16H,7H2,1H3,(H2,14,15). The van der Waals surface area contributed by atoms with E-state index >= 15 is 0 Å². The van der Waals surface area contributed by atoms with Gasteiger partial charge in [0.05, 0.1) is 5.69 Å². The van der Waals surface area contributed by atoms with Crippen molar-refractivity contribution in [1.29, 1.82) is 0 Å². The summed E-state index contributed by atoms with van der Waals surface area (Å²) in [5, 5.41) is 0.276. The molecule has 2 atom stereocenters. The molecule has 2 unspecified atom stereocenters. The second-order valence-corrected chi connectivity index (χ2v) is 7.85. The molecule has 0 amide bonds. The second-order valence-electron chi connectivity index (χ2n) is 4.91. The maximum absolute atomic E-state index is 12.3. The van der Waals surface area contributed by atoms with Crippen molar-refractivity contribution in [2.24, 2.45) is 0 Å². The molecule has 1 saturated carbocycles. The average Bonchev–Trinajstić information content (AvgIpc) is 3.06. The number of thiazole rings is 1. The molecule has 3 N–H and O–H groups in total. The first-order chi connectivity index (χ1) is 9.47. The van der Waals surface area contributed by atoms with Crippen molar-refractivity contribution in [3.63, 3.8) is 0 Å². The molecule has 0 saturated heterocycles. The van der Waals surface area contributed by atoms with E-state index < -0.39 is 10.0 Å². The number of benzene rings is 1. The molecular weight excluding hydrogens is 294 g/mol. The minimum absolute atomic E-state index is 0.0369. The number of nitrogen functional groups attached to an aromatic ring is 1. The van der Waals surface area contributed by atoms with Crippen molar-refractivity contribution < 1.29 is 8.42 Å². The van der Waals surface area contributed by atoms with Gasteiger partial charge in [-0.15, -0.1) is 0 Å². The molecule has 1 aliphatic rings. The van der Waals surface area contributed by atoms with Crippen LogP contribution in [0.15, 0.2) is 34.5 Å². The van der Waals surface area contributed by atoms with Gasteiger partial charge in [-0.2, -0.15) is 0 Å². The van der Waals surface area contributed by atoms with Gasteiger partial charge in [0.25, 0.3) is 10.0 Å². The van der Waals surface area contributed by atoms with Crippen molar-refractivity contribution >= 4 is 26.5 Å². The number of hydrogen-bond acceptors (Lipinski definition) is 5. The summed E-state index contributed by atoms with van der Waals surface area (Å²) in [5.74, 6) is 0.261. The number of anilines is 1. The van der Waals surface area contributed by atoms with E-state index in [2.05, 4.69) is 9.71 Å². The van der Waals surface area contributed by atoms with Gasteiger partial charge in [0.2, 0.25) is 0 Å². The number of rotatable bonds is 4. The summed E-state index contributed by atoms with van der Waals surface area (Å²) < 4.78 is 27.5. The molecule has 20 heavy (non-hydrogen) atoms. The molecule has 3 rings (SSSR count). The van der Waals surface area contributed by atoms with Crippen LogP contribution in [0.5, 0.6) is 0 Å². The first kappa shape index (κ1) is 13.5. The Labute approximate surface area is 121 Å². The predicted octanol–water partition coefficient (Wildman–Crippen LogP) is 1.87. The van der Waals surface area contributed by atoms with Crippen molar-refractivity contribution in [2.75, 3.05) is 5.73 Å². The molecule has 0 radical (unpaired) electrons. The van der Waals surface area contributed by atoms with Crippen LogP contribution in [0.2, 0.25) is 0 Å². The van der Waals surface area contributed by atoms with Crippen LogP contribution in [0.3, 0.4) is 0 Å². The molecule has 0 spiro atoms. The third kappa shape index (κ3) is 2.56. The van der Waals surface area contributed by atoms with Crippen LogP contribution >= 0.6 is 11.3 Å². The van der Waals surface area contributed by atoms with Gasteiger partial charge < -0.3 is 5.73 Å². The Morgan fingerprint density at radius 2 is 2.05 bits per heavy atom. The van der Waals surface area contributed by atoms with E-state index in [1.165, 1.54) is 5.56 Å². The van der Waals surface area contributed by atoms with E-state index in [1.807, 2.05) is 30.3 Å².